The van der Waals surface area contributed by atoms with E-state index in [1.807, 2.05) is 11.1 Å². The molecule has 4 rings (SSSR count). The van der Waals surface area contributed by atoms with Gasteiger partial charge in [-0.15, -0.1) is 0 Å². The largest absolute Gasteiger partial charge is 0.506 e. The minimum atomic E-state index is -0.0598. The van der Waals surface area contributed by atoms with Gasteiger partial charge in [0.15, 0.2) is 0 Å². The number of aryl methyl sites for hydroxylation is 1. The number of pyridine rings is 1. The number of hydrogen-bond acceptors (Lipinski definition) is 4. The second-order valence-electron chi connectivity index (χ2n) is 6.31. The van der Waals surface area contributed by atoms with Crippen LogP contribution in [0.1, 0.15) is 40.9 Å². The first-order chi connectivity index (χ1) is 10.7. The maximum Gasteiger partial charge on any atom is 0.255 e. The molecule has 1 atom stereocenters. The van der Waals surface area contributed by atoms with E-state index in [9.17, 15) is 9.90 Å². The molecule has 114 valence electrons. The molecule has 1 spiro atoms. The van der Waals surface area contributed by atoms with E-state index in [2.05, 4.69) is 15.2 Å². The standard InChI is InChI=1S/C16H18N4O2/c21-13-6-12(7-17-9-13)15(22)20-5-1-3-16(10-20)4-2-11-8-18-19-14(11)16/h6-9,21H,1-5,10H2,(H,18,19). The number of nitrogens with zero attached hydrogens (tertiary/aromatic N) is 3. The van der Waals surface area contributed by atoms with E-state index in [0.717, 1.165) is 32.2 Å². The Morgan fingerprint density at radius 2 is 2.23 bits per heavy atom. The molecule has 22 heavy (non-hydrogen) atoms. The zero-order valence-electron chi connectivity index (χ0n) is 12.2. The van der Waals surface area contributed by atoms with Gasteiger partial charge in [-0.2, -0.15) is 5.10 Å². The van der Waals surface area contributed by atoms with Gasteiger partial charge in [0.05, 0.1) is 18.0 Å². The van der Waals surface area contributed by atoms with Crippen molar-refractivity contribution in [2.75, 3.05) is 13.1 Å². The van der Waals surface area contributed by atoms with Crippen molar-refractivity contribution >= 4 is 5.91 Å². The molecule has 0 aromatic carbocycles. The molecule has 6 nitrogen and oxygen atoms in total. The van der Waals surface area contributed by atoms with Gasteiger partial charge >= 0.3 is 0 Å². The molecule has 1 aliphatic heterocycles. The molecule has 1 aliphatic carbocycles. The summed E-state index contributed by atoms with van der Waals surface area (Å²) in [5.74, 6) is -0.0373. The van der Waals surface area contributed by atoms with Crippen molar-refractivity contribution in [2.24, 2.45) is 0 Å². The predicted octanol–water partition coefficient (Wildman–Crippen LogP) is 1.63. The highest BCUT2D eigenvalue weighted by atomic mass is 16.3. The third-order valence-electron chi connectivity index (χ3n) is 4.96. The zero-order valence-corrected chi connectivity index (χ0v) is 12.2. The number of hydrogen-bond donors (Lipinski definition) is 2. The summed E-state index contributed by atoms with van der Waals surface area (Å²) in [6.45, 7) is 1.45. The number of aromatic amines is 1. The van der Waals surface area contributed by atoms with Gasteiger partial charge < -0.3 is 10.0 Å². The Morgan fingerprint density at radius 3 is 3.09 bits per heavy atom. The highest BCUT2D eigenvalue weighted by molar-refractivity contribution is 5.94. The Balaban J connectivity index is 1.61. The van der Waals surface area contributed by atoms with E-state index in [4.69, 9.17) is 0 Å². The van der Waals surface area contributed by atoms with Crippen LogP contribution in [-0.4, -0.2) is 44.2 Å². The molecule has 3 heterocycles. The molecule has 0 bridgehead atoms. The average molecular weight is 298 g/mol. The molecule has 0 saturated carbocycles. The van der Waals surface area contributed by atoms with Crippen molar-refractivity contribution in [3.63, 3.8) is 0 Å². The summed E-state index contributed by atoms with van der Waals surface area (Å²) < 4.78 is 0. The number of nitrogens with one attached hydrogen (secondary N) is 1. The van der Waals surface area contributed by atoms with Crippen LogP contribution < -0.4 is 0 Å². The lowest BCUT2D eigenvalue weighted by atomic mass is 9.77. The smallest absolute Gasteiger partial charge is 0.255 e. The van der Waals surface area contributed by atoms with Gasteiger partial charge in [0.2, 0.25) is 0 Å². The first-order valence-corrected chi connectivity index (χ1v) is 7.64. The summed E-state index contributed by atoms with van der Waals surface area (Å²) in [5.41, 5.74) is 2.96. The van der Waals surface area contributed by atoms with Crippen LogP contribution in [0.25, 0.3) is 0 Å². The van der Waals surface area contributed by atoms with Crippen LogP contribution in [0.15, 0.2) is 24.7 Å². The van der Waals surface area contributed by atoms with E-state index >= 15 is 0 Å². The van der Waals surface area contributed by atoms with Crippen LogP contribution in [0.3, 0.4) is 0 Å². The van der Waals surface area contributed by atoms with Gasteiger partial charge in [0.1, 0.15) is 5.75 Å². The van der Waals surface area contributed by atoms with E-state index in [0.29, 0.717) is 12.1 Å². The van der Waals surface area contributed by atoms with E-state index in [1.54, 1.807) is 0 Å². The summed E-state index contributed by atoms with van der Waals surface area (Å²) in [4.78, 5) is 18.5. The summed E-state index contributed by atoms with van der Waals surface area (Å²) in [6.07, 6.45) is 8.92. The number of carbonyl (C=O) groups excluding carboxylic acids is 1. The van der Waals surface area contributed by atoms with Gasteiger partial charge in [-0.05, 0) is 37.3 Å². The van der Waals surface area contributed by atoms with Crippen molar-refractivity contribution < 1.29 is 9.90 Å². The Morgan fingerprint density at radius 1 is 1.32 bits per heavy atom. The second kappa shape index (κ2) is 4.83. The first-order valence-electron chi connectivity index (χ1n) is 7.64. The van der Waals surface area contributed by atoms with Crippen molar-refractivity contribution in [3.05, 3.63) is 41.5 Å². The highest BCUT2D eigenvalue weighted by Crippen LogP contribution is 2.44. The van der Waals surface area contributed by atoms with Gasteiger partial charge in [0, 0.05) is 30.4 Å². The number of H-pyrrole nitrogens is 1. The van der Waals surface area contributed by atoms with E-state index < -0.39 is 0 Å². The molecular formula is C16H18N4O2. The molecule has 0 radical (unpaired) electrons. The Labute approximate surface area is 128 Å². The van der Waals surface area contributed by atoms with Crippen molar-refractivity contribution in [1.82, 2.24) is 20.1 Å². The SMILES string of the molecule is O=C(c1cncc(O)c1)N1CCCC2(CCc3cn[nH]c32)C1. The number of aromatic hydroxyl groups is 1. The summed E-state index contributed by atoms with van der Waals surface area (Å²) in [7, 11) is 0. The number of amides is 1. The molecular weight excluding hydrogens is 280 g/mol. The minimum absolute atomic E-state index is 0.0179. The lowest BCUT2D eigenvalue weighted by Crippen LogP contribution is -2.47. The van der Waals surface area contributed by atoms with E-state index in [1.165, 1.54) is 29.7 Å². The van der Waals surface area contributed by atoms with Crippen LogP contribution in [0, 0.1) is 0 Å². The van der Waals surface area contributed by atoms with Crippen LogP contribution in [-0.2, 0) is 11.8 Å². The molecule has 6 heteroatoms. The van der Waals surface area contributed by atoms with Gasteiger partial charge in [-0.1, -0.05) is 0 Å². The Bertz CT molecular complexity index is 726. The van der Waals surface area contributed by atoms with Crippen LogP contribution in [0.2, 0.25) is 0 Å². The maximum absolute atomic E-state index is 12.7. The van der Waals surface area contributed by atoms with Gasteiger partial charge in [-0.25, -0.2) is 0 Å². The molecule has 1 unspecified atom stereocenters. The first kappa shape index (κ1) is 13.3. The topological polar surface area (TPSA) is 82.1 Å². The molecule has 1 saturated heterocycles. The molecule has 2 aromatic rings. The Hall–Kier alpha value is -2.37. The fraction of sp³-hybridized carbons (Fsp3) is 0.438. The van der Waals surface area contributed by atoms with Gasteiger partial charge in [0.25, 0.3) is 5.91 Å². The number of piperidine rings is 1. The lowest BCUT2D eigenvalue weighted by molar-refractivity contribution is 0.0632. The highest BCUT2D eigenvalue weighted by Gasteiger charge is 2.44. The zero-order chi connectivity index (χ0) is 15.2. The monoisotopic (exact) mass is 298 g/mol. The number of fused-ring (bicyclic) bond motifs is 2. The van der Waals surface area contributed by atoms with E-state index in [-0.39, 0.29) is 17.1 Å². The predicted molar refractivity (Wildman–Crippen MR) is 79.6 cm³/mol. The fourth-order valence-corrected chi connectivity index (χ4v) is 3.90. The van der Waals surface area contributed by atoms with Crippen LogP contribution in [0.4, 0.5) is 0 Å². The summed E-state index contributed by atoms with van der Waals surface area (Å²) >= 11 is 0. The number of carbonyl (C=O) groups is 1. The Kier molecular flexibility index (Phi) is 2.92. The second-order valence-corrected chi connectivity index (χ2v) is 6.31. The lowest BCUT2D eigenvalue weighted by Gasteiger charge is -2.40. The fourth-order valence-electron chi connectivity index (χ4n) is 3.90. The molecule has 1 amide bonds. The number of likely N-dealkylation sites (tertiary alicyclic amines) is 1. The van der Waals surface area contributed by atoms with Crippen molar-refractivity contribution in [1.29, 1.82) is 0 Å². The molecule has 2 N–H and O–H groups in total. The summed E-state index contributed by atoms with van der Waals surface area (Å²) in [5, 5.41) is 16.8. The third-order valence-corrected chi connectivity index (χ3v) is 4.96. The van der Waals surface area contributed by atoms with Crippen molar-refractivity contribution in [3.8, 4) is 5.75 Å². The third kappa shape index (κ3) is 1.98. The van der Waals surface area contributed by atoms with Crippen LogP contribution >= 0.6 is 0 Å². The molecule has 1 fully saturated rings. The molecule has 2 aromatic heterocycles. The van der Waals surface area contributed by atoms with Crippen molar-refractivity contribution in [2.45, 2.75) is 31.1 Å². The normalized spacial score (nSPS) is 23.7. The average Bonchev–Trinajstić information content (AvgIpc) is 3.12. The maximum atomic E-state index is 12.7. The number of rotatable bonds is 1. The summed E-state index contributed by atoms with van der Waals surface area (Å²) in [6, 6.07) is 1.48. The molecule has 2 aliphatic rings. The minimum Gasteiger partial charge on any atom is -0.506 e. The number of aromatic nitrogens is 3. The van der Waals surface area contributed by atoms with Crippen LogP contribution in [0.5, 0.6) is 5.75 Å². The quantitative estimate of drug-likeness (QED) is 0.838. The van der Waals surface area contributed by atoms with Gasteiger partial charge in [-0.3, -0.25) is 14.9 Å².